The quantitative estimate of drug-likeness (QED) is 0.449. The van der Waals surface area contributed by atoms with Gasteiger partial charge in [-0.25, -0.2) is 9.38 Å². The van der Waals surface area contributed by atoms with E-state index in [0.29, 0.717) is 18.0 Å². The minimum Gasteiger partial charge on any atom is -0.497 e. The molecule has 0 spiro atoms. The SMILES string of the molecule is COc1ccc(-c2cn3c(=O)c4ncn(CC5(CO)CC5CO)c4nc3[nH]2)cc1. The number of fused-ring (bicyclic) bond motifs is 2. The van der Waals surface area contributed by atoms with Crippen LogP contribution >= 0.6 is 0 Å². The maximum absolute atomic E-state index is 12.9. The average Bonchev–Trinajstić information content (AvgIpc) is 3.06. The highest BCUT2D eigenvalue weighted by Gasteiger charge is 2.53. The Hall–Kier alpha value is -3.17. The molecule has 1 aromatic carbocycles. The number of aromatic amines is 1. The van der Waals surface area contributed by atoms with Gasteiger partial charge in [-0.05, 0) is 42.2 Å². The maximum Gasteiger partial charge on any atom is 0.287 e. The van der Waals surface area contributed by atoms with Gasteiger partial charge in [0.25, 0.3) is 5.56 Å². The van der Waals surface area contributed by atoms with Crippen LogP contribution in [0.15, 0.2) is 41.6 Å². The van der Waals surface area contributed by atoms with E-state index in [9.17, 15) is 15.0 Å². The number of ether oxygens (including phenoxy) is 1. The molecule has 2 atom stereocenters. The summed E-state index contributed by atoms with van der Waals surface area (Å²) in [4.78, 5) is 25.0. The number of methoxy groups -OCH3 is 1. The van der Waals surface area contributed by atoms with E-state index in [2.05, 4.69) is 15.0 Å². The van der Waals surface area contributed by atoms with Crippen LogP contribution in [0.5, 0.6) is 5.75 Å². The van der Waals surface area contributed by atoms with E-state index in [1.165, 1.54) is 4.40 Å². The Morgan fingerprint density at radius 1 is 1.31 bits per heavy atom. The van der Waals surface area contributed by atoms with Gasteiger partial charge in [0.05, 0.1) is 25.7 Å². The average molecular weight is 395 g/mol. The van der Waals surface area contributed by atoms with Crippen LogP contribution in [0.2, 0.25) is 0 Å². The third-order valence-electron chi connectivity index (χ3n) is 5.96. The summed E-state index contributed by atoms with van der Waals surface area (Å²) in [5.41, 5.74) is 1.77. The van der Waals surface area contributed by atoms with Crippen LogP contribution < -0.4 is 10.3 Å². The standard InChI is InChI=1S/C20H21N5O4/c1-29-14-4-2-12(3-5-14)15-7-25-18(28)16-17(23-19(25)22-15)24(11-21-16)9-20(10-27)6-13(20)8-26/h2-5,7,11,13,26-27H,6,8-10H2,1H3,(H,22,23). The molecule has 29 heavy (non-hydrogen) atoms. The molecule has 3 N–H and O–H groups in total. The molecule has 0 amide bonds. The van der Waals surface area contributed by atoms with Crippen LogP contribution in [0.4, 0.5) is 0 Å². The zero-order valence-electron chi connectivity index (χ0n) is 15.9. The van der Waals surface area contributed by atoms with E-state index in [1.807, 2.05) is 24.3 Å². The van der Waals surface area contributed by atoms with E-state index in [0.717, 1.165) is 23.4 Å². The van der Waals surface area contributed by atoms with Crippen molar-refractivity contribution in [3.05, 3.63) is 47.1 Å². The summed E-state index contributed by atoms with van der Waals surface area (Å²) in [6.45, 7) is 0.471. The summed E-state index contributed by atoms with van der Waals surface area (Å²) in [7, 11) is 1.61. The predicted octanol–water partition coefficient (Wildman–Crippen LogP) is 1.04. The van der Waals surface area contributed by atoms with Crippen molar-refractivity contribution in [3.8, 4) is 17.0 Å². The molecule has 9 heteroatoms. The van der Waals surface area contributed by atoms with Crippen LogP contribution in [0.25, 0.3) is 28.2 Å². The molecule has 5 rings (SSSR count). The number of H-pyrrole nitrogens is 1. The first-order valence-electron chi connectivity index (χ1n) is 9.41. The minimum absolute atomic E-state index is 0.0246. The van der Waals surface area contributed by atoms with Crippen molar-refractivity contribution in [1.82, 2.24) is 23.9 Å². The number of hydrogen-bond donors (Lipinski definition) is 3. The van der Waals surface area contributed by atoms with Crippen molar-refractivity contribution in [2.45, 2.75) is 13.0 Å². The molecule has 3 heterocycles. The van der Waals surface area contributed by atoms with E-state index in [4.69, 9.17) is 4.74 Å². The lowest BCUT2D eigenvalue weighted by atomic mass is 10.1. The first kappa shape index (κ1) is 17.9. The number of rotatable bonds is 6. The highest BCUT2D eigenvalue weighted by atomic mass is 16.5. The lowest BCUT2D eigenvalue weighted by Gasteiger charge is -2.14. The number of nitrogens with zero attached hydrogens (tertiary/aromatic N) is 4. The van der Waals surface area contributed by atoms with Crippen LogP contribution in [0, 0.1) is 11.3 Å². The molecular formula is C20H21N5O4. The van der Waals surface area contributed by atoms with Crippen molar-refractivity contribution in [2.24, 2.45) is 11.3 Å². The predicted molar refractivity (Wildman–Crippen MR) is 106 cm³/mol. The zero-order valence-corrected chi connectivity index (χ0v) is 15.9. The highest BCUT2D eigenvalue weighted by molar-refractivity contribution is 5.73. The van der Waals surface area contributed by atoms with Crippen LogP contribution in [0.3, 0.4) is 0 Å². The second kappa shape index (κ2) is 6.43. The van der Waals surface area contributed by atoms with Crippen LogP contribution in [-0.4, -0.2) is 54.5 Å². The molecule has 0 saturated heterocycles. The molecule has 0 aliphatic heterocycles. The van der Waals surface area contributed by atoms with Gasteiger partial charge in [0.15, 0.2) is 11.2 Å². The Kier molecular flexibility index (Phi) is 3.97. The lowest BCUT2D eigenvalue weighted by Crippen LogP contribution is -2.20. The van der Waals surface area contributed by atoms with Gasteiger partial charge < -0.3 is 24.5 Å². The van der Waals surface area contributed by atoms with Gasteiger partial charge >= 0.3 is 0 Å². The Balaban J connectivity index is 1.58. The maximum atomic E-state index is 12.9. The summed E-state index contributed by atoms with van der Waals surface area (Å²) in [5.74, 6) is 1.23. The molecule has 1 aliphatic rings. The van der Waals surface area contributed by atoms with Gasteiger partial charge in [-0.1, -0.05) is 0 Å². The van der Waals surface area contributed by atoms with E-state index < -0.39 is 0 Å². The molecule has 4 aromatic rings. The molecule has 2 unspecified atom stereocenters. The molecule has 1 aliphatic carbocycles. The van der Waals surface area contributed by atoms with Crippen molar-refractivity contribution in [2.75, 3.05) is 20.3 Å². The monoisotopic (exact) mass is 395 g/mol. The van der Waals surface area contributed by atoms with Gasteiger partial charge in [0.2, 0.25) is 5.78 Å². The summed E-state index contributed by atoms with van der Waals surface area (Å²) < 4.78 is 8.43. The second-order valence-corrected chi connectivity index (χ2v) is 7.66. The Morgan fingerprint density at radius 2 is 2.10 bits per heavy atom. The fraction of sp³-hybridized carbons (Fsp3) is 0.350. The number of aromatic nitrogens is 5. The summed E-state index contributed by atoms with van der Waals surface area (Å²) in [6, 6.07) is 7.51. The first-order valence-corrected chi connectivity index (χ1v) is 9.41. The number of nitrogens with one attached hydrogen (secondary N) is 1. The number of aliphatic hydroxyl groups is 2. The van der Waals surface area contributed by atoms with Gasteiger partial charge in [-0.2, -0.15) is 4.98 Å². The molecule has 0 radical (unpaired) electrons. The summed E-state index contributed by atoms with van der Waals surface area (Å²) >= 11 is 0. The second-order valence-electron chi connectivity index (χ2n) is 7.66. The zero-order chi connectivity index (χ0) is 20.2. The van der Waals surface area contributed by atoms with Crippen molar-refractivity contribution in [1.29, 1.82) is 0 Å². The smallest absolute Gasteiger partial charge is 0.287 e. The van der Waals surface area contributed by atoms with E-state index in [1.54, 1.807) is 24.2 Å². The largest absolute Gasteiger partial charge is 0.497 e. The third kappa shape index (κ3) is 2.73. The molecule has 150 valence electrons. The molecule has 3 aromatic heterocycles. The first-order chi connectivity index (χ1) is 14.1. The van der Waals surface area contributed by atoms with Crippen molar-refractivity contribution in [3.63, 3.8) is 0 Å². The normalized spacial score (nSPS) is 21.1. The Morgan fingerprint density at radius 3 is 2.76 bits per heavy atom. The lowest BCUT2D eigenvalue weighted by molar-refractivity contribution is 0.159. The van der Waals surface area contributed by atoms with Crippen molar-refractivity contribution >= 4 is 16.9 Å². The number of benzene rings is 1. The summed E-state index contributed by atoms with van der Waals surface area (Å²) in [5, 5.41) is 19.2. The summed E-state index contributed by atoms with van der Waals surface area (Å²) in [6.07, 6.45) is 4.03. The highest BCUT2D eigenvalue weighted by Crippen LogP contribution is 2.53. The fourth-order valence-electron chi connectivity index (χ4n) is 4.00. The minimum atomic E-state index is -0.376. The third-order valence-corrected chi connectivity index (χ3v) is 5.96. The van der Waals surface area contributed by atoms with Gasteiger partial charge in [-0.15, -0.1) is 0 Å². The van der Waals surface area contributed by atoms with E-state index >= 15 is 0 Å². The van der Waals surface area contributed by atoms with Crippen LogP contribution in [-0.2, 0) is 6.54 Å². The molecular weight excluding hydrogens is 374 g/mol. The van der Waals surface area contributed by atoms with Crippen LogP contribution in [0.1, 0.15) is 6.42 Å². The number of imidazole rings is 2. The Labute approximate surface area is 165 Å². The van der Waals surface area contributed by atoms with Gasteiger partial charge in [-0.3, -0.25) is 4.79 Å². The number of hydrogen-bond acceptors (Lipinski definition) is 6. The van der Waals surface area contributed by atoms with Gasteiger partial charge in [0, 0.05) is 24.8 Å². The molecule has 0 bridgehead atoms. The number of aliphatic hydroxyl groups excluding tert-OH is 2. The van der Waals surface area contributed by atoms with E-state index in [-0.39, 0.29) is 35.6 Å². The Bertz CT molecular complexity index is 1260. The van der Waals surface area contributed by atoms with Crippen molar-refractivity contribution < 1.29 is 14.9 Å². The molecule has 9 nitrogen and oxygen atoms in total. The fourth-order valence-corrected chi connectivity index (χ4v) is 4.00. The molecule has 1 saturated carbocycles. The van der Waals surface area contributed by atoms with Gasteiger partial charge in [0.1, 0.15) is 5.75 Å². The molecule has 1 fully saturated rings. The topological polar surface area (TPSA) is 118 Å².